The van der Waals surface area contributed by atoms with E-state index in [0.717, 1.165) is 9.99 Å². The van der Waals surface area contributed by atoms with Gasteiger partial charge in [0.05, 0.1) is 0 Å². The van der Waals surface area contributed by atoms with Crippen LogP contribution >= 0.6 is 22.6 Å². The molecule has 3 heteroatoms. The molecule has 0 aliphatic heterocycles. The Hall–Kier alpha value is -0.840. The Morgan fingerprint density at radius 2 is 2.36 bits per heavy atom. The van der Waals surface area contributed by atoms with Gasteiger partial charge in [-0.15, -0.1) is 6.58 Å². The molecule has 0 heterocycles. The summed E-state index contributed by atoms with van der Waals surface area (Å²) in [6.07, 6.45) is 2.59. The minimum absolute atomic E-state index is 0.0228. The van der Waals surface area contributed by atoms with Crippen LogP contribution in [-0.2, 0) is 0 Å². The fourth-order valence-corrected chi connectivity index (χ4v) is 1.56. The number of halogens is 1. The molecule has 74 valence electrons. The van der Waals surface area contributed by atoms with Crippen LogP contribution in [0.3, 0.4) is 0 Å². The molecular weight excluding hydrogens is 289 g/mol. The van der Waals surface area contributed by atoms with Crippen molar-refractivity contribution in [1.82, 2.24) is 5.32 Å². The Morgan fingerprint density at radius 1 is 1.57 bits per heavy atom. The van der Waals surface area contributed by atoms with E-state index in [1.807, 2.05) is 24.3 Å². The molecular formula is C11H12INO. The first-order valence-electron chi connectivity index (χ1n) is 4.38. The SMILES string of the molecule is C=CCCNC(=O)c1cccc(I)c1. The van der Waals surface area contributed by atoms with Gasteiger partial charge < -0.3 is 5.32 Å². The maximum absolute atomic E-state index is 11.5. The van der Waals surface area contributed by atoms with Crippen molar-refractivity contribution < 1.29 is 4.79 Å². The van der Waals surface area contributed by atoms with Crippen molar-refractivity contribution in [2.24, 2.45) is 0 Å². The van der Waals surface area contributed by atoms with Crippen molar-refractivity contribution >= 4 is 28.5 Å². The number of carbonyl (C=O) groups excluding carboxylic acids is 1. The Kier molecular flexibility index (Phi) is 4.65. The predicted molar refractivity (Wildman–Crippen MR) is 66.3 cm³/mol. The third kappa shape index (κ3) is 3.49. The molecule has 0 radical (unpaired) electrons. The second kappa shape index (κ2) is 5.80. The Morgan fingerprint density at radius 3 is 3.00 bits per heavy atom. The van der Waals surface area contributed by atoms with E-state index in [4.69, 9.17) is 0 Å². The first kappa shape index (κ1) is 11.2. The van der Waals surface area contributed by atoms with E-state index in [0.29, 0.717) is 12.1 Å². The van der Waals surface area contributed by atoms with Crippen molar-refractivity contribution in [1.29, 1.82) is 0 Å². The standard InChI is InChI=1S/C11H12INO/c1-2-3-7-13-11(14)9-5-4-6-10(12)8-9/h2,4-6,8H,1,3,7H2,(H,13,14). The van der Waals surface area contributed by atoms with Gasteiger partial charge in [-0.3, -0.25) is 4.79 Å². The van der Waals surface area contributed by atoms with Crippen LogP contribution in [-0.4, -0.2) is 12.5 Å². The second-order valence-corrected chi connectivity index (χ2v) is 4.09. The number of amides is 1. The highest BCUT2D eigenvalue weighted by Gasteiger charge is 2.03. The minimum atomic E-state index is -0.0228. The molecule has 14 heavy (non-hydrogen) atoms. The summed E-state index contributed by atoms with van der Waals surface area (Å²) >= 11 is 2.19. The maximum atomic E-state index is 11.5. The lowest BCUT2D eigenvalue weighted by molar-refractivity contribution is 0.0954. The van der Waals surface area contributed by atoms with Gasteiger partial charge in [0.15, 0.2) is 0 Å². The van der Waals surface area contributed by atoms with Crippen LogP contribution in [0.25, 0.3) is 0 Å². The van der Waals surface area contributed by atoms with Gasteiger partial charge in [0, 0.05) is 15.7 Å². The van der Waals surface area contributed by atoms with Gasteiger partial charge in [-0.05, 0) is 47.2 Å². The van der Waals surface area contributed by atoms with E-state index in [2.05, 4.69) is 34.5 Å². The molecule has 0 aromatic heterocycles. The molecule has 0 aliphatic carbocycles. The van der Waals surface area contributed by atoms with Gasteiger partial charge in [0.25, 0.3) is 5.91 Å². The van der Waals surface area contributed by atoms with E-state index in [1.54, 1.807) is 6.08 Å². The van der Waals surface area contributed by atoms with E-state index in [-0.39, 0.29) is 5.91 Å². The van der Waals surface area contributed by atoms with Crippen LogP contribution in [0.5, 0.6) is 0 Å². The number of benzene rings is 1. The smallest absolute Gasteiger partial charge is 0.251 e. The molecule has 0 saturated carbocycles. The molecule has 0 aliphatic rings. The summed E-state index contributed by atoms with van der Waals surface area (Å²) in [6.45, 7) is 4.24. The second-order valence-electron chi connectivity index (χ2n) is 2.84. The molecule has 0 bridgehead atoms. The zero-order valence-corrected chi connectivity index (χ0v) is 9.95. The lowest BCUT2D eigenvalue weighted by atomic mass is 10.2. The van der Waals surface area contributed by atoms with Crippen LogP contribution in [0.2, 0.25) is 0 Å². The molecule has 1 aromatic carbocycles. The number of rotatable bonds is 4. The van der Waals surface area contributed by atoms with E-state index >= 15 is 0 Å². The lowest BCUT2D eigenvalue weighted by Gasteiger charge is -2.03. The number of hydrogen-bond acceptors (Lipinski definition) is 1. The molecule has 0 atom stereocenters. The zero-order chi connectivity index (χ0) is 10.4. The van der Waals surface area contributed by atoms with Crippen molar-refractivity contribution in [2.75, 3.05) is 6.54 Å². The molecule has 0 unspecified atom stereocenters. The monoisotopic (exact) mass is 301 g/mol. The van der Waals surface area contributed by atoms with Crippen molar-refractivity contribution in [3.63, 3.8) is 0 Å². The summed E-state index contributed by atoms with van der Waals surface area (Å²) in [6, 6.07) is 7.51. The fourth-order valence-electron chi connectivity index (χ4n) is 1.02. The largest absolute Gasteiger partial charge is 0.352 e. The van der Waals surface area contributed by atoms with Crippen molar-refractivity contribution in [2.45, 2.75) is 6.42 Å². The fraction of sp³-hybridized carbons (Fsp3) is 0.182. The summed E-state index contributed by atoms with van der Waals surface area (Å²) in [7, 11) is 0. The summed E-state index contributed by atoms with van der Waals surface area (Å²) in [4.78, 5) is 11.5. The summed E-state index contributed by atoms with van der Waals surface area (Å²) in [5.41, 5.74) is 0.709. The number of nitrogens with one attached hydrogen (secondary N) is 1. The van der Waals surface area contributed by atoms with Gasteiger partial charge in [-0.1, -0.05) is 12.1 Å². The predicted octanol–water partition coefficient (Wildman–Crippen LogP) is 2.60. The topological polar surface area (TPSA) is 29.1 Å². The number of hydrogen-bond donors (Lipinski definition) is 1. The highest BCUT2D eigenvalue weighted by Crippen LogP contribution is 2.07. The molecule has 0 saturated heterocycles. The van der Waals surface area contributed by atoms with E-state index in [9.17, 15) is 4.79 Å². The van der Waals surface area contributed by atoms with Crippen LogP contribution in [0, 0.1) is 3.57 Å². The maximum Gasteiger partial charge on any atom is 0.251 e. The van der Waals surface area contributed by atoms with Crippen LogP contribution in [0.4, 0.5) is 0 Å². The molecule has 1 amide bonds. The quantitative estimate of drug-likeness (QED) is 0.517. The first-order chi connectivity index (χ1) is 6.74. The van der Waals surface area contributed by atoms with Gasteiger partial charge in [0.2, 0.25) is 0 Å². The molecule has 2 nitrogen and oxygen atoms in total. The molecule has 1 N–H and O–H groups in total. The Balaban J connectivity index is 2.56. The van der Waals surface area contributed by atoms with E-state index < -0.39 is 0 Å². The molecule has 0 spiro atoms. The van der Waals surface area contributed by atoms with Crippen LogP contribution in [0.1, 0.15) is 16.8 Å². The average Bonchev–Trinajstić information content (AvgIpc) is 2.18. The third-order valence-corrected chi connectivity index (χ3v) is 2.39. The van der Waals surface area contributed by atoms with Crippen LogP contribution < -0.4 is 5.32 Å². The highest BCUT2D eigenvalue weighted by molar-refractivity contribution is 14.1. The van der Waals surface area contributed by atoms with E-state index in [1.165, 1.54) is 0 Å². The number of carbonyl (C=O) groups is 1. The molecule has 1 rings (SSSR count). The highest BCUT2D eigenvalue weighted by atomic mass is 127. The van der Waals surface area contributed by atoms with Crippen LogP contribution in [0.15, 0.2) is 36.9 Å². The van der Waals surface area contributed by atoms with Gasteiger partial charge >= 0.3 is 0 Å². The molecule has 0 fully saturated rings. The summed E-state index contributed by atoms with van der Waals surface area (Å²) in [5, 5.41) is 2.81. The Bertz CT molecular complexity index is 336. The third-order valence-electron chi connectivity index (χ3n) is 1.72. The molecule has 1 aromatic rings. The van der Waals surface area contributed by atoms with Gasteiger partial charge in [-0.25, -0.2) is 0 Å². The van der Waals surface area contributed by atoms with Crippen molar-refractivity contribution in [3.05, 3.63) is 46.1 Å². The zero-order valence-electron chi connectivity index (χ0n) is 7.79. The normalized spacial score (nSPS) is 9.50. The lowest BCUT2D eigenvalue weighted by Crippen LogP contribution is -2.24. The van der Waals surface area contributed by atoms with Gasteiger partial charge in [0.1, 0.15) is 0 Å². The van der Waals surface area contributed by atoms with Crippen molar-refractivity contribution in [3.8, 4) is 0 Å². The average molecular weight is 301 g/mol. The Labute approximate surface area is 97.5 Å². The van der Waals surface area contributed by atoms with Gasteiger partial charge in [-0.2, -0.15) is 0 Å². The minimum Gasteiger partial charge on any atom is -0.352 e. The summed E-state index contributed by atoms with van der Waals surface area (Å²) in [5.74, 6) is -0.0228. The summed E-state index contributed by atoms with van der Waals surface area (Å²) < 4.78 is 1.07. The first-order valence-corrected chi connectivity index (χ1v) is 5.46.